The molecule has 0 spiro atoms. The Morgan fingerprint density at radius 3 is 2.95 bits per heavy atom. The summed E-state index contributed by atoms with van der Waals surface area (Å²) in [6.45, 7) is 0.766. The number of aliphatic hydroxyl groups is 1. The molecular weight excluding hydrogens is 242 g/mol. The first-order valence-electron chi connectivity index (χ1n) is 7.00. The average Bonchev–Trinajstić information content (AvgIpc) is 2.92. The van der Waals surface area contributed by atoms with Crippen LogP contribution in [0.3, 0.4) is 0 Å². The molecule has 1 unspecified atom stereocenters. The maximum Gasteiger partial charge on any atom is 0.142 e. The Morgan fingerprint density at radius 1 is 1.47 bits per heavy atom. The summed E-state index contributed by atoms with van der Waals surface area (Å²) in [6, 6.07) is 2.29. The summed E-state index contributed by atoms with van der Waals surface area (Å²) < 4.78 is 1.68. The first kappa shape index (κ1) is 14.0. The van der Waals surface area contributed by atoms with Crippen molar-refractivity contribution in [1.29, 1.82) is 5.26 Å². The summed E-state index contributed by atoms with van der Waals surface area (Å²) in [4.78, 5) is 0. The van der Waals surface area contributed by atoms with Gasteiger partial charge >= 0.3 is 0 Å². The van der Waals surface area contributed by atoms with E-state index in [0.29, 0.717) is 24.7 Å². The minimum atomic E-state index is -0.383. The third-order valence-electron chi connectivity index (χ3n) is 3.53. The molecule has 1 aliphatic rings. The molecule has 0 amide bonds. The van der Waals surface area contributed by atoms with Crippen molar-refractivity contribution in [3.05, 3.63) is 11.9 Å². The number of nitrogens with one attached hydrogen (secondary N) is 1. The molecule has 2 rings (SSSR count). The van der Waals surface area contributed by atoms with Gasteiger partial charge in [-0.15, -0.1) is 5.10 Å². The summed E-state index contributed by atoms with van der Waals surface area (Å²) in [5, 5.41) is 29.4. The molecule has 1 heterocycles. The molecule has 1 aliphatic carbocycles. The van der Waals surface area contributed by atoms with E-state index < -0.39 is 0 Å². The number of hydrogen-bond acceptors (Lipinski definition) is 5. The molecule has 104 valence electrons. The van der Waals surface area contributed by atoms with Gasteiger partial charge in [-0.3, -0.25) is 10.00 Å². The Balaban J connectivity index is 1.93. The lowest BCUT2D eigenvalue weighted by molar-refractivity contribution is 0.276. The minimum absolute atomic E-state index is 0.136. The fraction of sp³-hybridized carbons (Fsp3) is 0.769. The van der Waals surface area contributed by atoms with Gasteiger partial charge in [-0.2, -0.15) is 5.26 Å². The number of nitriles is 1. The lowest BCUT2D eigenvalue weighted by Crippen LogP contribution is -2.34. The van der Waals surface area contributed by atoms with Gasteiger partial charge in [0.25, 0.3) is 0 Å². The van der Waals surface area contributed by atoms with Crippen molar-refractivity contribution in [1.82, 2.24) is 20.3 Å². The van der Waals surface area contributed by atoms with Crippen molar-refractivity contribution in [3.8, 4) is 6.07 Å². The number of rotatable bonds is 6. The van der Waals surface area contributed by atoms with Crippen molar-refractivity contribution in [2.24, 2.45) is 0 Å². The number of aromatic nitrogens is 3. The molecule has 0 aromatic carbocycles. The monoisotopic (exact) mass is 263 g/mol. The average molecular weight is 263 g/mol. The predicted octanol–water partition coefficient (Wildman–Crippen LogP) is 1.15. The fourth-order valence-corrected chi connectivity index (χ4v) is 2.48. The van der Waals surface area contributed by atoms with E-state index in [4.69, 9.17) is 5.11 Å². The molecule has 2 N–H and O–H groups in total. The fourth-order valence-electron chi connectivity index (χ4n) is 2.48. The summed E-state index contributed by atoms with van der Waals surface area (Å²) in [7, 11) is 0. The Bertz CT molecular complexity index is 419. The van der Waals surface area contributed by atoms with Crippen LogP contribution in [0.5, 0.6) is 0 Å². The van der Waals surface area contributed by atoms with E-state index in [-0.39, 0.29) is 12.6 Å². The predicted molar refractivity (Wildman–Crippen MR) is 70.1 cm³/mol. The summed E-state index contributed by atoms with van der Waals surface area (Å²) in [5.41, 5.74) is 0.672. The first-order chi connectivity index (χ1) is 9.33. The molecule has 1 saturated carbocycles. The largest absolute Gasteiger partial charge is 0.396 e. The molecule has 1 aromatic heterocycles. The van der Waals surface area contributed by atoms with Gasteiger partial charge in [0.05, 0.1) is 12.3 Å². The van der Waals surface area contributed by atoms with Crippen LogP contribution in [0.15, 0.2) is 6.20 Å². The zero-order valence-electron chi connectivity index (χ0n) is 11.1. The van der Waals surface area contributed by atoms with Crippen molar-refractivity contribution < 1.29 is 5.11 Å². The summed E-state index contributed by atoms with van der Waals surface area (Å²) >= 11 is 0. The van der Waals surface area contributed by atoms with Gasteiger partial charge in [-0.05, 0) is 19.3 Å². The van der Waals surface area contributed by atoms with Crippen LogP contribution in [-0.2, 0) is 6.54 Å². The molecule has 6 nitrogen and oxygen atoms in total. The van der Waals surface area contributed by atoms with Crippen molar-refractivity contribution in [2.75, 3.05) is 6.61 Å². The minimum Gasteiger partial charge on any atom is -0.396 e. The molecule has 0 saturated heterocycles. The maximum absolute atomic E-state index is 9.27. The van der Waals surface area contributed by atoms with E-state index in [0.717, 1.165) is 12.8 Å². The first-order valence-corrected chi connectivity index (χ1v) is 7.00. The van der Waals surface area contributed by atoms with Crippen molar-refractivity contribution >= 4 is 0 Å². The highest BCUT2D eigenvalue weighted by molar-refractivity contribution is 5.11. The SMILES string of the molecule is N#CC(NC1CCCCC1)c1cn(CCCO)nn1. The third kappa shape index (κ3) is 4.01. The van der Waals surface area contributed by atoms with E-state index in [1.165, 1.54) is 19.3 Å². The molecule has 1 aromatic rings. The standard InChI is InChI=1S/C13H21N5O/c14-9-12(15-11-5-2-1-3-6-11)13-10-18(17-16-13)7-4-8-19/h10-12,15,19H,1-8H2. The number of nitrogens with zero attached hydrogens (tertiary/aromatic N) is 4. The Kier molecular flexibility index (Phi) is 5.31. The highest BCUT2D eigenvalue weighted by Gasteiger charge is 2.20. The van der Waals surface area contributed by atoms with Crippen molar-refractivity contribution in [2.45, 2.75) is 57.2 Å². The highest BCUT2D eigenvalue weighted by Crippen LogP contribution is 2.20. The van der Waals surface area contributed by atoms with Gasteiger partial charge in [0.15, 0.2) is 0 Å². The van der Waals surface area contributed by atoms with Gasteiger partial charge < -0.3 is 5.11 Å². The second-order valence-corrected chi connectivity index (χ2v) is 5.05. The van der Waals surface area contributed by atoms with Gasteiger partial charge in [-0.25, -0.2) is 0 Å². The quantitative estimate of drug-likeness (QED) is 0.804. The molecule has 1 atom stereocenters. The van der Waals surface area contributed by atoms with Crippen LogP contribution >= 0.6 is 0 Å². The normalized spacial score (nSPS) is 18.1. The molecule has 1 fully saturated rings. The number of hydrogen-bond donors (Lipinski definition) is 2. The zero-order chi connectivity index (χ0) is 13.5. The Labute approximate surface area is 113 Å². The Hall–Kier alpha value is -1.45. The van der Waals surface area contributed by atoms with E-state index >= 15 is 0 Å². The van der Waals surface area contributed by atoms with Crippen molar-refractivity contribution in [3.63, 3.8) is 0 Å². The number of aryl methyl sites for hydroxylation is 1. The smallest absolute Gasteiger partial charge is 0.142 e. The molecular formula is C13H21N5O. The second-order valence-electron chi connectivity index (χ2n) is 5.05. The van der Waals surface area contributed by atoms with Crippen LogP contribution in [0, 0.1) is 11.3 Å². The summed E-state index contributed by atoms with van der Waals surface area (Å²) in [6.07, 6.45) is 8.48. The molecule has 0 aliphatic heterocycles. The van der Waals surface area contributed by atoms with Gasteiger partial charge in [0.1, 0.15) is 11.7 Å². The zero-order valence-corrected chi connectivity index (χ0v) is 11.1. The highest BCUT2D eigenvalue weighted by atomic mass is 16.3. The lowest BCUT2D eigenvalue weighted by Gasteiger charge is -2.24. The van der Waals surface area contributed by atoms with Crippen LogP contribution in [0.2, 0.25) is 0 Å². The van der Waals surface area contributed by atoms with Crippen LogP contribution in [0.25, 0.3) is 0 Å². The van der Waals surface area contributed by atoms with Crippen LogP contribution in [0.1, 0.15) is 50.3 Å². The molecule has 19 heavy (non-hydrogen) atoms. The van der Waals surface area contributed by atoms with Crippen LogP contribution < -0.4 is 5.32 Å². The van der Waals surface area contributed by atoms with Gasteiger partial charge in [0.2, 0.25) is 0 Å². The lowest BCUT2D eigenvalue weighted by atomic mass is 9.95. The maximum atomic E-state index is 9.27. The van der Waals surface area contributed by atoms with E-state index in [1.807, 2.05) is 0 Å². The van der Waals surface area contributed by atoms with Crippen LogP contribution in [-0.4, -0.2) is 32.7 Å². The summed E-state index contributed by atoms with van der Waals surface area (Å²) in [5.74, 6) is 0. The molecule has 0 radical (unpaired) electrons. The third-order valence-corrected chi connectivity index (χ3v) is 3.53. The molecule has 0 bridgehead atoms. The van der Waals surface area contributed by atoms with E-state index in [1.54, 1.807) is 10.9 Å². The van der Waals surface area contributed by atoms with E-state index in [2.05, 4.69) is 21.7 Å². The Morgan fingerprint density at radius 2 is 2.26 bits per heavy atom. The number of aliphatic hydroxyl groups excluding tert-OH is 1. The van der Waals surface area contributed by atoms with E-state index in [9.17, 15) is 5.26 Å². The second kappa shape index (κ2) is 7.22. The van der Waals surface area contributed by atoms with Gasteiger partial charge in [-0.1, -0.05) is 24.5 Å². The topological polar surface area (TPSA) is 86.8 Å². The molecule has 6 heteroatoms. The van der Waals surface area contributed by atoms with Crippen LogP contribution in [0.4, 0.5) is 0 Å². The van der Waals surface area contributed by atoms with Gasteiger partial charge in [0, 0.05) is 19.2 Å².